The first kappa shape index (κ1) is 22.0. The highest BCUT2D eigenvalue weighted by Crippen LogP contribution is 2.21. The molecule has 0 aromatic heterocycles. The van der Waals surface area contributed by atoms with E-state index in [1.165, 1.54) is 0 Å². The summed E-state index contributed by atoms with van der Waals surface area (Å²) in [5.41, 5.74) is -0.778. The Kier molecular flexibility index (Phi) is 15.3. The quantitative estimate of drug-likeness (QED) is 0.364. The van der Waals surface area contributed by atoms with Gasteiger partial charge in [-0.05, 0) is 0 Å². The highest BCUT2D eigenvalue weighted by Gasteiger charge is 2.26. The Morgan fingerprint density at radius 2 is 0.667 bits per heavy atom. The van der Waals surface area contributed by atoms with Crippen LogP contribution >= 0.6 is 63.7 Å². The van der Waals surface area contributed by atoms with E-state index < -0.39 is 0 Å². The molecule has 0 saturated carbocycles. The molecule has 0 aliphatic rings. The molecule has 0 saturated heterocycles. The highest BCUT2D eigenvalue weighted by atomic mass is 79.9. The maximum Gasteiger partial charge on any atom is 0.0525 e. The maximum atomic E-state index is 8.76. The van der Waals surface area contributed by atoms with Gasteiger partial charge in [0, 0.05) is 32.2 Å². The van der Waals surface area contributed by atoms with Crippen LogP contribution in [0.3, 0.4) is 0 Å². The third-order valence-corrected chi connectivity index (χ3v) is 7.23. The van der Waals surface area contributed by atoms with Crippen LogP contribution in [0.15, 0.2) is 0 Å². The van der Waals surface area contributed by atoms with Gasteiger partial charge in [0.25, 0.3) is 0 Å². The summed E-state index contributed by atoms with van der Waals surface area (Å²) in [4.78, 5) is 0. The Morgan fingerprint density at radius 1 is 0.500 bits per heavy atom. The highest BCUT2D eigenvalue weighted by molar-refractivity contribution is 9.10. The van der Waals surface area contributed by atoms with Crippen molar-refractivity contribution in [3.8, 4) is 0 Å². The summed E-state index contributed by atoms with van der Waals surface area (Å²) in [6, 6.07) is 0. The molecular weight excluding hydrogens is 504 g/mol. The molecule has 0 aromatic carbocycles. The van der Waals surface area contributed by atoms with E-state index in [-0.39, 0.29) is 37.3 Å². The largest absolute Gasteiger partial charge is 0.396 e. The van der Waals surface area contributed by atoms with Gasteiger partial charge in [-0.2, -0.15) is 0 Å². The van der Waals surface area contributed by atoms with Crippen LogP contribution < -0.4 is 0 Å². The summed E-state index contributed by atoms with van der Waals surface area (Å²) in [7, 11) is 0. The predicted molar refractivity (Wildman–Crippen MR) is 88.4 cm³/mol. The first-order valence-electron chi connectivity index (χ1n) is 5.16. The summed E-state index contributed by atoms with van der Waals surface area (Å²) >= 11 is 12.8. The van der Waals surface area contributed by atoms with Gasteiger partial charge in [0.1, 0.15) is 0 Å². The fraction of sp³-hybridized carbons (Fsp3) is 1.00. The molecule has 0 radical (unpaired) electrons. The van der Waals surface area contributed by atoms with Crippen molar-refractivity contribution in [2.45, 2.75) is 0 Å². The molecule has 8 heteroatoms. The fourth-order valence-electron chi connectivity index (χ4n) is 0.509. The van der Waals surface area contributed by atoms with Gasteiger partial charge >= 0.3 is 0 Å². The van der Waals surface area contributed by atoms with Gasteiger partial charge in [-0.25, -0.2) is 0 Å². The number of rotatable bonds is 8. The van der Waals surface area contributed by atoms with Gasteiger partial charge in [-0.3, -0.25) is 0 Å². The predicted octanol–water partition coefficient (Wildman–Crippen LogP) is 1.49. The Balaban J connectivity index is 0. The Morgan fingerprint density at radius 3 is 0.667 bits per heavy atom. The second-order valence-electron chi connectivity index (χ2n) is 4.17. The van der Waals surface area contributed by atoms with E-state index >= 15 is 0 Å². The monoisotopic (exact) mass is 520 g/mol. The van der Waals surface area contributed by atoms with Crippen LogP contribution in [-0.4, -0.2) is 68.2 Å². The molecule has 0 aliphatic carbocycles. The molecule has 0 amide bonds. The molecule has 4 nitrogen and oxygen atoms in total. The molecule has 0 unspecified atom stereocenters. The Labute approximate surface area is 142 Å². The van der Waals surface area contributed by atoms with Gasteiger partial charge < -0.3 is 20.4 Å². The van der Waals surface area contributed by atoms with Crippen molar-refractivity contribution in [3.63, 3.8) is 0 Å². The summed E-state index contributed by atoms with van der Waals surface area (Å²) in [5, 5.41) is 37.5. The summed E-state index contributed by atoms with van der Waals surface area (Å²) < 4.78 is 0. The summed E-state index contributed by atoms with van der Waals surface area (Å²) in [6.07, 6.45) is 0. The minimum Gasteiger partial charge on any atom is -0.396 e. The van der Waals surface area contributed by atoms with Crippen LogP contribution in [0.1, 0.15) is 0 Å². The Hall–Kier alpha value is 1.76. The topological polar surface area (TPSA) is 80.9 Å². The zero-order valence-corrected chi connectivity index (χ0v) is 16.3. The molecule has 0 aromatic rings. The Bertz CT molecular complexity index is 132. The van der Waals surface area contributed by atoms with Gasteiger partial charge in [0.05, 0.1) is 26.4 Å². The van der Waals surface area contributed by atoms with Gasteiger partial charge in [-0.15, -0.1) is 0 Å². The normalized spacial score (nSPS) is 12.0. The molecule has 0 aliphatic heterocycles. The second kappa shape index (κ2) is 12.5. The lowest BCUT2D eigenvalue weighted by Gasteiger charge is -2.23. The van der Waals surface area contributed by atoms with Crippen LogP contribution in [-0.2, 0) is 0 Å². The molecule has 0 bridgehead atoms. The molecule has 0 fully saturated rings. The van der Waals surface area contributed by atoms with Crippen LogP contribution in [0.4, 0.5) is 0 Å². The van der Waals surface area contributed by atoms with Crippen molar-refractivity contribution >= 4 is 63.7 Å². The van der Waals surface area contributed by atoms with E-state index in [0.717, 1.165) is 0 Å². The SMILES string of the molecule is OCC(CO)(CBr)CBr.OCC(CO)(CBr)CBr. The van der Waals surface area contributed by atoms with Crippen molar-refractivity contribution in [1.82, 2.24) is 0 Å². The van der Waals surface area contributed by atoms with Gasteiger partial charge in [-0.1, -0.05) is 63.7 Å². The van der Waals surface area contributed by atoms with Crippen molar-refractivity contribution < 1.29 is 20.4 Å². The standard InChI is InChI=1S/2C5H10Br2O2/c2*6-1-5(2-7,3-8)4-9/h2*8-9H,1-4H2. The minimum absolute atomic E-state index is 0. The lowest BCUT2D eigenvalue weighted by Crippen LogP contribution is -2.33. The van der Waals surface area contributed by atoms with E-state index in [4.69, 9.17) is 20.4 Å². The zero-order chi connectivity index (χ0) is 14.7. The van der Waals surface area contributed by atoms with Crippen molar-refractivity contribution in [1.29, 1.82) is 0 Å². The van der Waals surface area contributed by atoms with Crippen LogP contribution in [0.25, 0.3) is 0 Å². The third-order valence-electron chi connectivity index (χ3n) is 2.48. The second-order valence-corrected chi connectivity index (χ2v) is 6.41. The average molecular weight is 524 g/mol. The maximum absolute atomic E-state index is 8.76. The number of alkyl halides is 4. The lowest BCUT2D eigenvalue weighted by molar-refractivity contribution is 0.0950. The van der Waals surface area contributed by atoms with Crippen molar-refractivity contribution in [2.75, 3.05) is 47.7 Å². The van der Waals surface area contributed by atoms with Crippen molar-refractivity contribution in [2.24, 2.45) is 10.8 Å². The third kappa shape index (κ3) is 7.52. The number of halogens is 4. The van der Waals surface area contributed by atoms with Crippen LogP contribution in [0, 0.1) is 10.8 Å². The molecule has 112 valence electrons. The fourth-order valence-corrected chi connectivity index (χ4v) is 3.79. The molecule has 4 N–H and O–H groups in total. The zero-order valence-electron chi connectivity index (χ0n) is 9.96. The molecule has 18 heavy (non-hydrogen) atoms. The molecule has 0 atom stereocenters. The van der Waals surface area contributed by atoms with E-state index in [1.807, 2.05) is 0 Å². The van der Waals surface area contributed by atoms with Gasteiger partial charge in [0.15, 0.2) is 0 Å². The average Bonchev–Trinajstić information content (AvgIpc) is 2.46. The van der Waals surface area contributed by atoms with Crippen LogP contribution in [0.5, 0.6) is 0 Å². The summed E-state index contributed by atoms with van der Waals surface area (Å²) in [6.45, 7) is 0. The van der Waals surface area contributed by atoms with E-state index in [0.29, 0.717) is 21.3 Å². The molecule has 0 rings (SSSR count). The van der Waals surface area contributed by atoms with E-state index in [9.17, 15) is 0 Å². The number of aliphatic hydroxyl groups excluding tert-OH is 4. The minimum atomic E-state index is -0.389. The summed E-state index contributed by atoms with van der Waals surface area (Å²) in [5.74, 6) is 0. The van der Waals surface area contributed by atoms with E-state index in [1.54, 1.807) is 0 Å². The van der Waals surface area contributed by atoms with E-state index in [2.05, 4.69) is 63.7 Å². The number of hydrogen-bond donors (Lipinski definition) is 4. The molecular formula is C10H20Br4O4. The van der Waals surface area contributed by atoms with Crippen molar-refractivity contribution in [3.05, 3.63) is 0 Å². The van der Waals surface area contributed by atoms with Crippen LogP contribution in [0.2, 0.25) is 0 Å². The smallest absolute Gasteiger partial charge is 0.0525 e. The lowest BCUT2D eigenvalue weighted by atomic mass is 9.97. The number of hydrogen-bond acceptors (Lipinski definition) is 4. The first-order chi connectivity index (χ1) is 8.49. The first-order valence-corrected chi connectivity index (χ1v) is 9.65. The molecule has 0 heterocycles. The molecule has 0 spiro atoms. The van der Waals surface area contributed by atoms with Gasteiger partial charge in [0.2, 0.25) is 0 Å². The number of aliphatic hydroxyl groups is 4.